The minimum Gasteiger partial charge on any atom is -0.478 e. The number of carbonyl (C=O) groups excluding carboxylic acids is 1. The van der Waals surface area contributed by atoms with E-state index in [0.29, 0.717) is 5.13 Å². The van der Waals surface area contributed by atoms with Crippen LogP contribution in [0.4, 0.5) is 13.9 Å². The molecule has 0 saturated carbocycles. The van der Waals surface area contributed by atoms with Crippen LogP contribution < -0.4 is 5.32 Å². The van der Waals surface area contributed by atoms with Crippen molar-refractivity contribution in [3.8, 4) is 11.3 Å². The Morgan fingerprint density at radius 1 is 1.22 bits per heavy atom. The molecule has 37 heavy (non-hydrogen) atoms. The monoisotopic (exact) mass is 526 g/mol. The van der Waals surface area contributed by atoms with Crippen molar-refractivity contribution >= 4 is 34.4 Å². The van der Waals surface area contributed by atoms with Crippen molar-refractivity contribution in [2.45, 2.75) is 52.1 Å². The molecule has 1 aliphatic carbocycles. The van der Waals surface area contributed by atoms with E-state index in [0.717, 1.165) is 60.0 Å². The van der Waals surface area contributed by atoms with Crippen LogP contribution in [0.25, 0.3) is 17.3 Å². The second-order valence-corrected chi connectivity index (χ2v) is 10.7. The number of ether oxygens (including phenoxy) is 1. The molecule has 0 bridgehead atoms. The van der Waals surface area contributed by atoms with E-state index >= 15 is 0 Å². The van der Waals surface area contributed by atoms with Gasteiger partial charge in [0.05, 0.1) is 11.3 Å². The van der Waals surface area contributed by atoms with Gasteiger partial charge in [0.15, 0.2) is 5.13 Å². The lowest BCUT2D eigenvalue weighted by atomic mass is 9.86. The molecule has 6 nitrogen and oxygen atoms in total. The summed E-state index contributed by atoms with van der Waals surface area (Å²) in [6.07, 6.45) is 4.30. The number of nitrogens with one attached hydrogen (secondary N) is 1. The Hall–Kier alpha value is -3.43. The highest BCUT2D eigenvalue weighted by Crippen LogP contribution is 2.40. The molecule has 194 valence electrons. The van der Waals surface area contributed by atoms with Gasteiger partial charge in [-0.05, 0) is 75.8 Å². The highest BCUT2D eigenvalue weighted by molar-refractivity contribution is 7.16. The van der Waals surface area contributed by atoms with Crippen molar-refractivity contribution in [2.24, 2.45) is 0 Å². The summed E-state index contributed by atoms with van der Waals surface area (Å²) < 4.78 is 34.6. The highest BCUT2D eigenvalue weighted by Gasteiger charge is 2.25. The Kier molecular flexibility index (Phi) is 7.57. The number of benzene rings is 2. The Bertz CT molecular complexity index is 1390. The van der Waals surface area contributed by atoms with Gasteiger partial charge in [-0.25, -0.2) is 18.6 Å². The normalized spacial score (nSPS) is 13.2. The average Bonchev–Trinajstić information content (AvgIpc) is 3.27. The molecular formula is C28H28F2N2O4S. The Labute approximate surface area is 218 Å². The summed E-state index contributed by atoms with van der Waals surface area (Å²) in [7, 11) is 1.71. The summed E-state index contributed by atoms with van der Waals surface area (Å²) in [6.45, 7) is 5.36. The number of rotatable bonds is 8. The third kappa shape index (κ3) is 5.78. The Morgan fingerprint density at radius 2 is 1.92 bits per heavy atom. The van der Waals surface area contributed by atoms with Gasteiger partial charge in [0.1, 0.15) is 11.6 Å². The van der Waals surface area contributed by atoms with E-state index in [1.807, 2.05) is 12.1 Å². The van der Waals surface area contributed by atoms with Crippen molar-refractivity contribution in [3.63, 3.8) is 0 Å². The first-order chi connectivity index (χ1) is 17.5. The van der Waals surface area contributed by atoms with Crippen molar-refractivity contribution in [3.05, 3.63) is 74.7 Å². The van der Waals surface area contributed by atoms with E-state index in [1.165, 1.54) is 29.4 Å². The van der Waals surface area contributed by atoms with E-state index in [9.17, 15) is 18.4 Å². The van der Waals surface area contributed by atoms with E-state index in [1.54, 1.807) is 7.11 Å². The molecule has 9 heteroatoms. The van der Waals surface area contributed by atoms with Crippen LogP contribution >= 0.6 is 11.3 Å². The van der Waals surface area contributed by atoms with Gasteiger partial charge in [0, 0.05) is 34.3 Å². The first-order valence-corrected chi connectivity index (χ1v) is 12.7. The molecule has 0 aliphatic heterocycles. The number of methoxy groups -OCH3 is 1. The van der Waals surface area contributed by atoms with E-state index in [-0.39, 0.29) is 16.7 Å². The predicted octanol–water partition coefficient (Wildman–Crippen LogP) is 6.28. The van der Waals surface area contributed by atoms with Crippen molar-refractivity contribution in [2.75, 3.05) is 12.4 Å². The zero-order valence-electron chi connectivity index (χ0n) is 21.1. The number of aliphatic carboxylic acids is 1. The van der Waals surface area contributed by atoms with E-state index in [2.05, 4.69) is 30.2 Å². The number of aryl methyl sites for hydroxylation is 2. The molecule has 0 saturated heterocycles. The number of hydrogen-bond donors (Lipinski definition) is 2. The molecule has 1 aliphatic rings. The topological polar surface area (TPSA) is 88.5 Å². The van der Waals surface area contributed by atoms with Crippen LogP contribution in [0.15, 0.2) is 35.9 Å². The summed E-state index contributed by atoms with van der Waals surface area (Å²) >= 11 is 1.35. The molecule has 2 aromatic carbocycles. The quantitative estimate of drug-likeness (QED) is 0.337. The summed E-state index contributed by atoms with van der Waals surface area (Å²) in [5, 5.41) is 12.0. The molecule has 0 spiro atoms. The zero-order chi connectivity index (χ0) is 26.9. The molecule has 0 radical (unpaired) electrons. The number of anilines is 1. The standard InChI is InChI=1S/C28H28F2N2O4S/c1-15(26(34)35)12-20-21(29)13-17(14-22(20)30)25(33)32-27-31-24-19-7-5-6-16(10-11-28(2,3)36-4)18(19)8-9-23(24)37-27/h5-7,12-14H,8-11H2,1-4H3,(H,34,35)(H,31,32,33). The maximum Gasteiger partial charge on any atom is 0.331 e. The number of nitrogens with zero attached hydrogens (tertiary/aromatic N) is 1. The zero-order valence-corrected chi connectivity index (χ0v) is 21.9. The van der Waals surface area contributed by atoms with Crippen molar-refractivity contribution < 1.29 is 28.2 Å². The second kappa shape index (κ2) is 10.5. The predicted molar refractivity (Wildman–Crippen MR) is 140 cm³/mol. The van der Waals surface area contributed by atoms with Gasteiger partial charge in [-0.2, -0.15) is 0 Å². The van der Waals surface area contributed by atoms with Crippen LogP contribution in [-0.4, -0.2) is 34.7 Å². The first kappa shape index (κ1) is 26.6. The number of carbonyl (C=O) groups is 2. The minimum atomic E-state index is -1.29. The molecule has 1 heterocycles. The van der Waals surface area contributed by atoms with Gasteiger partial charge in [-0.1, -0.05) is 18.2 Å². The smallest absolute Gasteiger partial charge is 0.331 e. The maximum absolute atomic E-state index is 14.5. The Balaban J connectivity index is 1.56. The molecule has 2 N–H and O–H groups in total. The van der Waals surface area contributed by atoms with Gasteiger partial charge < -0.3 is 9.84 Å². The summed E-state index contributed by atoms with van der Waals surface area (Å²) in [5.41, 5.74) is 3.17. The van der Waals surface area contributed by atoms with Crippen LogP contribution in [0.2, 0.25) is 0 Å². The van der Waals surface area contributed by atoms with Gasteiger partial charge >= 0.3 is 5.97 Å². The van der Waals surface area contributed by atoms with Gasteiger partial charge in [-0.15, -0.1) is 11.3 Å². The third-order valence-corrected chi connectivity index (χ3v) is 7.67. The summed E-state index contributed by atoms with van der Waals surface area (Å²) in [6, 6.07) is 7.94. The van der Waals surface area contributed by atoms with Crippen LogP contribution in [0.5, 0.6) is 0 Å². The molecule has 0 fully saturated rings. The highest BCUT2D eigenvalue weighted by atomic mass is 32.1. The largest absolute Gasteiger partial charge is 0.478 e. The Morgan fingerprint density at radius 3 is 2.57 bits per heavy atom. The summed E-state index contributed by atoms with van der Waals surface area (Å²) in [4.78, 5) is 29.4. The van der Waals surface area contributed by atoms with E-state index < -0.39 is 29.1 Å². The fourth-order valence-corrected chi connectivity index (χ4v) is 5.22. The number of thiazole rings is 1. The van der Waals surface area contributed by atoms with Crippen LogP contribution in [0, 0.1) is 11.6 Å². The first-order valence-electron chi connectivity index (χ1n) is 11.9. The van der Waals surface area contributed by atoms with Crippen molar-refractivity contribution in [1.29, 1.82) is 0 Å². The lowest BCUT2D eigenvalue weighted by Gasteiger charge is -2.24. The average molecular weight is 527 g/mol. The number of fused-ring (bicyclic) bond motifs is 3. The van der Waals surface area contributed by atoms with Gasteiger partial charge in [0.25, 0.3) is 5.91 Å². The number of aromatic nitrogens is 1. The number of amides is 1. The molecular weight excluding hydrogens is 498 g/mol. The lowest BCUT2D eigenvalue weighted by molar-refractivity contribution is -0.132. The van der Waals surface area contributed by atoms with Crippen LogP contribution in [0.3, 0.4) is 0 Å². The van der Waals surface area contributed by atoms with Crippen LogP contribution in [-0.2, 0) is 28.8 Å². The fraction of sp³-hybridized carbons (Fsp3) is 0.321. The van der Waals surface area contributed by atoms with Gasteiger partial charge in [0.2, 0.25) is 0 Å². The van der Waals surface area contributed by atoms with Crippen molar-refractivity contribution in [1.82, 2.24) is 4.98 Å². The maximum atomic E-state index is 14.5. The fourth-order valence-electron chi connectivity index (χ4n) is 4.25. The molecule has 1 amide bonds. The third-order valence-electron chi connectivity index (χ3n) is 6.64. The molecule has 3 aromatic rings. The lowest BCUT2D eigenvalue weighted by Crippen LogP contribution is -2.23. The number of carboxylic acids is 1. The number of halogens is 2. The molecule has 0 unspecified atom stereocenters. The summed E-state index contributed by atoms with van der Waals surface area (Å²) in [5.74, 6) is -4.05. The number of hydrogen-bond acceptors (Lipinski definition) is 5. The molecule has 4 rings (SSSR count). The van der Waals surface area contributed by atoms with Crippen LogP contribution in [0.1, 0.15) is 59.1 Å². The molecule has 1 aromatic heterocycles. The SMILES string of the molecule is COC(C)(C)CCc1cccc2c1CCc1sc(NC(=O)c3cc(F)c(C=C(C)C(=O)O)c(F)c3)nc1-2. The minimum absolute atomic E-state index is 0.219. The second-order valence-electron chi connectivity index (χ2n) is 9.64. The number of carboxylic acid groups (broad SMARTS) is 1. The molecule has 0 atom stereocenters. The van der Waals surface area contributed by atoms with Gasteiger partial charge in [-0.3, -0.25) is 10.1 Å². The van der Waals surface area contributed by atoms with E-state index in [4.69, 9.17) is 9.84 Å².